The summed E-state index contributed by atoms with van der Waals surface area (Å²) in [6, 6.07) is 5.18. The number of furan rings is 1. The number of carbonyl (C=O) groups excluding carboxylic acids is 4. The highest BCUT2D eigenvalue weighted by atomic mass is 35.5. The lowest BCUT2D eigenvalue weighted by Gasteiger charge is -2.17. The molecule has 0 saturated carbocycles. The molecule has 3 rings (SSSR count). The predicted octanol–water partition coefficient (Wildman–Crippen LogP) is 2.76. The monoisotopic (exact) mass is 492 g/mol. The summed E-state index contributed by atoms with van der Waals surface area (Å²) < 4.78 is 25.4. The van der Waals surface area contributed by atoms with E-state index in [4.69, 9.17) is 25.5 Å². The molecular formula is C22H21ClN2O9. The molecule has 1 saturated heterocycles. The van der Waals surface area contributed by atoms with Crippen LogP contribution in [0.1, 0.15) is 28.8 Å². The van der Waals surface area contributed by atoms with Crippen molar-refractivity contribution in [3.63, 3.8) is 0 Å². The summed E-state index contributed by atoms with van der Waals surface area (Å²) in [5, 5.41) is 2.59. The van der Waals surface area contributed by atoms with Crippen LogP contribution in [0.3, 0.4) is 0 Å². The second-order valence-corrected chi connectivity index (χ2v) is 7.36. The van der Waals surface area contributed by atoms with Crippen LogP contribution in [0.5, 0.6) is 11.5 Å². The molecule has 3 amide bonds. The van der Waals surface area contributed by atoms with E-state index in [9.17, 15) is 19.2 Å². The second-order valence-electron chi connectivity index (χ2n) is 6.95. The molecule has 1 aromatic carbocycles. The maximum absolute atomic E-state index is 12.8. The first-order valence-electron chi connectivity index (χ1n) is 9.82. The Bertz CT molecular complexity index is 1170. The van der Waals surface area contributed by atoms with Crippen molar-refractivity contribution >= 4 is 41.6 Å². The fraction of sp³-hybridized carbons (Fsp3) is 0.273. The number of hydrogen-bond acceptors (Lipinski definition) is 9. The van der Waals surface area contributed by atoms with E-state index in [2.05, 4.69) is 14.8 Å². The number of carbonyl (C=O) groups is 4. The molecule has 1 aromatic heterocycles. The number of rotatable bonds is 8. The number of nitrogens with one attached hydrogen (secondary N) is 1. The lowest BCUT2D eigenvalue weighted by atomic mass is 10.1. The van der Waals surface area contributed by atoms with E-state index in [1.807, 2.05) is 0 Å². The third-order valence-electron chi connectivity index (χ3n) is 4.72. The molecule has 1 aliphatic heterocycles. The molecule has 0 radical (unpaired) electrons. The van der Waals surface area contributed by atoms with Crippen LogP contribution >= 0.6 is 11.6 Å². The van der Waals surface area contributed by atoms with Gasteiger partial charge in [0, 0.05) is 0 Å². The molecule has 1 unspecified atom stereocenters. The summed E-state index contributed by atoms with van der Waals surface area (Å²) in [4.78, 5) is 49.2. The maximum Gasteiger partial charge on any atom is 0.373 e. The number of hydrogen-bond donors (Lipinski definition) is 1. The van der Waals surface area contributed by atoms with Crippen LogP contribution in [-0.2, 0) is 25.6 Å². The molecule has 1 fully saturated rings. The van der Waals surface area contributed by atoms with Gasteiger partial charge in [-0.3, -0.25) is 9.69 Å². The fourth-order valence-corrected chi connectivity index (χ4v) is 3.30. The van der Waals surface area contributed by atoms with Crippen molar-refractivity contribution in [1.82, 2.24) is 10.2 Å². The number of nitrogens with zero attached hydrogens (tertiary/aromatic N) is 1. The Hall–Kier alpha value is -3.99. The summed E-state index contributed by atoms with van der Waals surface area (Å²) in [5.41, 5.74) is 0.413. The number of methoxy groups -OCH3 is 3. The summed E-state index contributed by atoms with van der Waals surface area (Å²) in [6.07, 6.45) is 0.468. The molecule has 1 aliphatic rings. The van der Waals surface area contributed by atoms with E-state index >= 15 is 0 Å². The van der Waals surface area contributed by atoms with Crippen molar-refractivity contribution in [3.8, 4) is 11.5 Å². The van der Waals surface area contributed by atoms with Gasteiger partial charge in [0.15, 0.2) is 17.6 Å². The molecule has 0 bridgehead atoms. The molecule has 180 valence electrons. The quantitative estimate of drug-likeness (QED) is 0.335. The van der Waals surface area contributed by atoms with Crippen LogP contribution in [0.4, 0.5) is 4.79 Å². The van der Waals surface area contributed by atoms with Gasteiger partial charge >= 0.3 is 18.0 Å². The van der Waals surface area contributed by atoms with E-state index in [1.165, 1.54) is 58.6 Å². The molecule has 0 aliphatic carbocycles. The van der Waals surface area contributed by atoms with Gasteiger partial charge < -0.3 is 28.7 Å². The number of imide groups is 1. The number of ether oxygens (including phenoxy) is 4. The van der Waals surface area contributed by atoms with E-state index in [1.54, 1.807) is 0 Å². The lowest BCUT2D eigenvalue weighted by Crippen LogP contribution is -2.30. The van der Waals surface area contributed by atoms with E-state index in [0.717, 1.165) is 4.90 Å². The van der Waals surface area contributed by atoms with Crippen LogP contribution in [0.15, 0.2) is 34.4 Å². The molecule has 12 heteroatoms. The maximum atomic E-state index is 12.8. The Morgan fingerprint density at radius 2 is 1.91 bits per heavy atom. The third-order valence-corrected chi connectivity index (χ3v) is 5.00. The highest BCUT2D eigenvalue weighted by Gasteiger charge is 2.34. The summed E-state index contributed by atoms with van der Waals surface area (Å²) >= 11 is 6.31. The van der Waals surface area contributed by atoms with Crippen molar-refractivity contribution < 1.29 is 42.5 Å². The molecule has 34 heavy (non-hydrogen) atoms. The summed E-state index contributed by atoms with van der Waals surface area (Å²) in [6.45, 7) is 1.30. The van der Waals surface area contributed by atoms with Gasteiger partial charge in [-0.2, -0.15) is 0 Å². The van der Waals surface area contributed by atoms with Crippen LogP contribution in [-0.4, -0.2) is 56.2 Å². The Labute approximate surface area is 199 Å². The third kappa shape index (κ3) is 5.15. The van der Waals surface area contributed by atoms with Crippen LogP contribution in [0.25, 0.3) is 6.08 Å². The van der Waals surface area contributed by atoms with Gasteiger partial charge in [-0.1, -0.05) is 11.6 Å². The van der Waals surface area contributed by atoms with E-state index < -0.39 is 30.0 Å². The SMILES string of the molecule is COC(=O)c1ccc(CN2C(=O)NC(=Cc3cc(Cl)c(OC(C)C(=O)OC)c(OC)c3)C2=O)o1. The number of benzene rings is 1. The fourth-order valence-electron chi connectivity index (χ4n) is 3.04. The van der Waals surface area contributed by atoms with Crippen LogP contribution in [0, 0.1) is 0 Å². The Balaban J connectivity index is 1.81. The Morgan fingerprint density at radius 3 is 2.56 bits per heavy atom. The van der Waals surface area contributed by atoms with Crippen LogP contribution < -0.4 is 14.8 Å². The predicted molar refractivity (Wildman–Crippen MR) is 117 cm³/mol. The minimum absolute atomic E-state index is 0.0144. The number of halogens is 1. The second kappa shape index (κ2) is 10.3. The largest absolute Gasteiger partial charge is 0.493 e. The first-order valence-corrected chi connectivity index (χ1v) is 10.2. The molecule has 0 spiro atoms. The summed E-state index contributed by atoms with van der Waals surface area (Å²) in [5.74, 6) is -1.40. The zero-order valence-electron chi connectivity index (χ0n) is 18.7. The smallest absolute Gasteiger partial charge is 0.373 e. The number of esters is 2. The van der Waals surface area contributed by atoms with Gasteiger partial charge in [-0.15, -0.1) is 0 Å². The topological polar surface area (TPSA) is 134 Å². The zero-order chi connectivity index (χ0) is 25.0. The van der Waals surface area contributed by atoms with Crippen molar-refractivity contribution in [3.05, 3.63) is 52.1 Å². The molecule has 11 nitrogen and oxygen atoms in total. The summed E-state index contributed by atoms with van der Waals surface area (Å²) in [7, 11) is 3.82. The Kier molecular flexibility index (Phi) is 7.47. The Morgan fingerprint density at radius 1 is 1.18 bits per heavy atom. The first kappa shape index (κ1) is 24.6. The average Bonchev–Trinajstić information content (AvgIpc) is 3.39. The van der Waals surface area contributed by atoms with E-state index in [0.29, 0.717) is 5.56 Å². The van der Waals surface area contributed by atoms with Crippen molar-refractivity contribution in [2.75, 3.05) is 21.3 Å². The number of urea groups is 1. The zero-order valence-corrected chi connectivity index (χ0v) is 19.4. The van der Waals surface area contributed by atoms with Gasteiger partial charge in [0.25, 0.3) is 5.91 Å². The molecule has 2 heterocycles. The molecular weight excluding hydrogens is 472 g/mol. The number of amides is 3. The van der Waals surface area contributed by atoms with Gasteiger partial charge in [-0.05, 0) is 42.8 Å². The van der Waals surface area contributed by atoms with Crippen molar-refractivity contribution in [2.45, 2.75) is 19.6 Å². The van der Waals surface area contributed by atoms with Gasteiger partial charge in [-0.25, -0.2) is 14.4 Å². The lowest BCUT2D eigenvalue weighted by molar-refractivity contribution is -0.147. The van der Waals surface area contributed by atoms with Gasteiger partial charge in [0.2, 0.25) is 5.76 Å². The van der Waals surface area contributed by atoms with Crippen molar-refractivity contribution in [2.24, 2.45) is 0 Å². The highest BCUT2D eigenvalue weighted by Crippen LogP contribution is 2.38. The minimum Gasteiger partial charge on any atom is -0.493 e. The highest BCUT2D eigenvalue weighted by molar-refractivity contribution is 6.32. The van der Waals surface area contributed by atoms with Gasteiger partial charge in [0.05, 0.1) is 32.9 Å². The normalized spacial score (nSPS) is 15.2. The standard InChI is InChI=1S/C22H21ClN2O9/c1-11(20(27)31-3)33-18-14(23)7-12(9-17(18)30-2)8-15-19(26)25(22(29)24-15)10-13-5-6-16(34-13)21(28)32-4/h5-9,11H,10H2,1-4H3,(H,24,29). The van der Waals surface area contributed by atoms with Gasteiger partial charge in [0.1, 0.15) is 11.5 Å². The average molecular weight is 493 g/mol. The minimum atomic E-state index is -0.939. The van der Waals surface area contributed by atoms with Crippen molar-refractivity contribution in [1.29, 1.82) is 0 Å². The first-order chi connectivity index (χ1) is 16.2. The van der Waals surface area contributed by atoms with E-state index in [-0.39, 0.29) is 40.3 Å². The molecule has 2 aromatic rings. The molecule has 1 N–H and O–H groups in total. The molecule has 1 atom stereocenters. The van der Waals surface area contributed by atoms with Crippen LogP contribution in [0.2, 0.25) is 5.02 Å².